The molecule has 0 radical (unpaired) electrons. The molecular formula is C24H33N3O3. The lowest BCUT2D eigenvalue weighted by atomic mass is 10.2. The third-order valence-corrected chi connectivity index (χ3v) is 4.71. The second kappa shape index (κ2) is 12.0. The normalized spacial score (nSPS) is 11.5. The van der Waals surface area contributed by atoms with Crippen LogP contribution >= 0.6 is 0 Å². The third kappa shape index (κ3) is 7.52. The number of carbonyl (C=O) groups excluding carboxylic acids is 1. The van der Waals surface area contributed by atoms with E-state index in [4.69, 9.17) is 9.47 Å². The summed E-state index contributed by atoms with van der Waals surface area (Å²) < 4.78 is 11.4. The first-order valence-electron chi connectivity index (χ1n) is 10.4. The fourth-order valence-electron chi connectivity index (χ4n) is 3.24. The summed E-state index contributed by atoms with van der Waals surface area (Å²) in [5.74, 6) is 1.05. The van der Waals surface area contributed by atoms with E-state index in [0.717, 1.165) is 18.5 Å². The zero-order valence-electron chi connectivity index (χ0n) is 18.6. The molecule has 1 aromatic heterocycles. The summed E-state index contributed by atoms with van der Waals surface area (Å²) in [5.41, 5.74) is 1.57. The van der Waals surface area contributed by atoms with Crippen molar-refractivity contribution in [2.45, 2.75) is 46.2 Å². The second-order valence-corrected chi connectivity index (χ2v) is 7.60. The predicted molar refractivity (Wildman–Crippen MR) is 122 cm³/mol. The highest BCUT2D eigenvalue weighted by molar-refractivity contribution is 6.02. The number of aromatic nitrogens is 1. The zero-order valence-corrected chi connectivity index (χ0v) is 18.6. The Morgan fingerprint density at radius 1 is 1.10 bits per heavy atom. The number of ether oxygens (including phenoxy) is 2. The molecule has 0 aliphatic carbocycles. The van der Waals surface area contributed by atoms with Gasteiger partial charge in [-0.2, -0.15) is 0 Å². The highest BCUT2D eigenvalue weighted by atomic mass is 16.5. The molecule has 0 aliphatic heterocycles. The summed E-state index contributed by atoms with van der Waals surface area (Å²) >= 11 is 0. The average molecular weight is 412 g/mol. The maximum atomic E-state index is 12.2. The van der Waals surface area contributed by atoms with Crippen molar-refractivity contribution < 1.29 is 14.3 Å². The molecule has 0 bridgehead atoms. The quantitative estimate of drug-likeness (QED) is 0.431. The molecule has 1 aromatic carbocycles. The summed E-state index contributed by atoms with van der Waals surface area (Å²) in [6.45, 7) is 10.4. The molecule has 1 amide bonds. The molecule has 0 spiro atoms. The van der Waals surface area contributed by atoms with Gasteiger partial charge in [-0.1, -0.05) is 0 Å². The Morgan fingerprint density at radius 3 is 2.43 bits per heavy atom. The number of nitrogens with zero attached hydrogens (tertiary/aromatic N) is 2. The smallest absolute Gasteiger partial charge is 0.248 e. The zero-order chi connectivity index (χ0) is 21.9. The molecule has 0 unspecified atom stereocenters. The standard InChI is InChI=1S/C24H33N3O3/c1-18(2)27(19(3)4)15-6-16-30-23-17-21(8-9-22(23)29-5)26-24(28)10-7-20-11-13-25-14-12-20/h7-14,17-19H,6,15-16H2,1-5H3,(H,26,28). The van der Waals surface area contributed by atoms with Crippen LogP contribution in [0.15, 0.2) is 48.8 Å². The van der Waals surface area contributed by atoms with E-state index in [1.807, 2.05) is 12.1 Å². The van der Waals surface area contributed by atoms with Crippen LogP contribution in [0.3, 0.4) is 0 Å². The van der Waals surface area contributed by atoms with Crippen molar-refractivity contribution in [3.63, 3.8) is 0 Å². The lowest BCUT2D eigenvalue weighted by Gasteiger charge is -2.30. The van der Waals surface area contributed by atoms with Gasteiger partial charge in [-0.05, 0) is 70.0 Å². The van der Waals surface area contributed by atoms with Crippen LogP contribution in [0.4, 0.5) is 5.69 Å². The molecular weight excluding hydrogens is 378 g/mol. The van der Waals surface area contributed by atoms with Crippen LogP contribution in [0.2, 0.25) is 0 Å². The number of benzene rings is 1. The number of carbonyl (C=O) groups is 1. The van der Waals surface area contributed by atoms with Gasteiger partial charge in [-0.15, -0.1) is 0 Å². The lowest BCUT2D eigenvalue weighted by Crippen LogP contribution is -2.38. The molecule has 2 aromatic rings. The highest BCUT2D eigenvalue weighted by Gasteiger charge is 2.13. The third-order valence-electron chi connectivity index (χ3n) is 4.71. The van der Waals surface area contributed by atoms with E-state index < -0.39 is 0 Å². The Hall–Kier alpha value is -2.86. The van der Waals surface area contributed by atoms with Crippen molar-refractivity contribution in [2.24, 2.45) is 0 Å². The van der Waals surface area contributed by atoms with Crippen LogP contribution in [-0.4, -0.2) is 48.1 Å². The molecule has 0 atom stereocenters. The van der Waals surface area contributed by atoms with Gasteiger partial charge in [0.25, 0.3) is 0 Å². The number of rotatable bonds is 11. The molecule has 1 N–H and O–H groups in total. The second-order valence-electron chi connectivity index (χ2n) is 7.60. The Bertz CT molecular complexity index is 812. The molecule has 30 heavy (non-hydrogen) atoms. The minimum Gasteiger partial charge on any atom is -0.493 e. The van der Waals surface area contributed by atoms with Gasteiger partial charge < -0.3 is 14.8 Å². The fraction of sp³-hybridized carbons (Fsp3) is 0.417. The SMILES string of the molecule is COc1ccc(NC(=O)C=Cc2ccncc2)cc1OCCCN(C(C)C)C(C)C. The van der Waals surface area contributed by atoms with Gasteiger partial charge in [0.2, 0.25) is 5.91 Å². The molecule has 0 saturated carbocycles. The first-order valence-corrected chi connectivity index (χ1v) is 10.4. The summed E-state index contributed by atoms with van der Waals surface area (Å²) in [7, 11) is 1.61. The van der Waals surface area contributed by atoms with Gasteiger partial charge >= 0.3 is 0 Å². The van der Waals surface area contributed by atoms with Crippen molar-refractivity contribution in [2.75, 3.05) is 25.6 Å². The van der Waals surface area contributed by atoms with Crippen LogP contribution in [0, 0.1) is 0 Å². The number of hydrogen-bond acceptors (Lipinski definition) is 5. The van der Waals surface area contributed by atoms with Crippen LogP contribution in [0.5, 0.6) is 11.5 Å². The van der Waals surface area contributed by atoms with E-state index in [1.165, 1.54) is 6.08 Å². The maximum Gasteiger partial charge on any atom is 0.248 e. The van der Waals surface area contributed by atoms with Crippen molar-refractivity contribution in [3.05, 3.63) is 54.4 Å². The molecule has 2 rings (SSSR count). The topological polar surface area (TPSA) is 63.7 Å². The van der Waals surface area contributed by atoms with Gasteiger partial charge in [-0.3, -0.25) is 14.7 Å². The van der Waals surface area contributed by atoms with Crippen molar-refractivity contribution in [1.82, 2.24) is 9.88 Å². The molecule has 6 heteroatoms. The Labute approximate surface area is 179 Å². The minimum atomic E-state index is -0.215. The summed E-state index contributed by atoms with van der Waals surface area (Å²) in [4.78, 5) is 18.6. The van der Waals surface area contributed by atoms with E-state index in [0.29, 0.717) is 35.9 Å². The van der Waals surface area contributed by atoms with E-state index >= 15 is 0 Å². The van der Waals surface area contributed by atoms with Gasteiger partial charge in [0.15, 0.2) is 11.5 Å². The van der Waals surface area contributed by atoms with Gasteiger partial charge in [0.1, 0.15) is 0 Å². The average Bonchev–Trinajstić information content (AvgIpc) is 2.72. The van der Waals surface area contributed by atoms with Crippen LogP contribution < -0.4 is 14.8 Å². The maximum absolute atomic E-state index is 12.2. The van der Waals surface area contributed by atoms with E-state index in [9.17, 15) is 4.79 Å². The van der Waals surface area contributed by atoms with E-state index in [-0.39, 0.29) is 5.91 Å². The molecule has 1 heterocycles. The Morgan fingerprint density at radius 2 is 1.80 bits per heavy atom. The summed E-state index contributed by atoms with van der Waals surface area (Å²) in [6.07, 6.45) is 7.52. The van der Waals surface area contributed by atoms with Crippen LogP contribution in [-0.2, 0) is 4.79 Å². The van der Waals surface area contributed by atoms with Crippen molar-refractivity contribution in [1.29, 1.82) is 0 Å². The molecule has 162 valence electrons. The van der Waals surface area contributed by atoms with E-state index in [2.05, 4.69) is 42.9 Å². The van der Waals surface area contributed by atoms with Crippen molar-refractivity contribution in [3.8, 4) is 11.5 Å². The molecule has 6 nitrogen and oxygen atoms in total. The van der Waals surface area contributed by atoms with Crippen LogP contribution in [0.25, 0.3) is 6.08 Å². The predicted octanol–water partition coefficient (Wildman–Crippen LogP) is 4.63. The lowest BCUT2D eigenvalue weighted by molar-refractivity contribution is -0.111. The summed E-state index contributed by atoms with van der Waals surface area (Å²) in [6, 6.07) is 10.1. The van der Waals surface area contributed by atoms with Gasteiger partial charge in [0, 0.05) is 48.9 Å². The van der Waals surface area contributed by atoms with Gasteiger partial charge in [-0.25, -0.2) is 0 Å². The molecule has 0 fully saturated rings. The molecule has 0 aliphatic rings. The number of nitrogens with one attached hydrogen (secondary N) is 1. The number of pyridine rings is 1. The number of anilines is 1. The van der Waals surface area contributed by atoms with Crippen molar-refractivity contribution >= 4 is 17.7 Å². The largest absolute Gasteiger partial charge is 0.493 e. The summed E-state index contributed by atoms with van der Waals surface area (Å²) in [5, 5.41) is 2.86. The molecule has 0 saturated heterocycles. The Kier molecular flexibility index (Phi) is 9.35. The number of amides is 1. The first kappa shape index (κ1) is 23.4. The fourth-order valence-corrected chi connectivity index (χ4v) is 3.24. The van der Waals surface area contributed by atoms with Gasteiger partial charge in [0.05, 0.1) is 13.7 Å². The minimum absolute atomic E-state index is 0.215. The Balaban J connectivity index is 1.94. The van der Waals surface area contributed by atoms with E-state index in [1.54, 1.807) is 43.8 Å². The first-order chi connectivity index (χ1) is 14.4. The number of hydrogen-bond donors (Lipinski definition) is 1. The monoisotopic (exact) mass is 411 g/mol. The highest BCUT2D eigenvalue weighted by Crippen LogP contribution is 2.30. The van der Waals surface area contributed by atoms with Crippen LogP contribution in [0.1, 0.15) is 39.7 Å². The number of methoxy groups -OCH3 is 1.